The van der Waals surface area contributed by atoms with Gasteiger partial charge < -0.3 is 15.4 Å². The van der Waals surface area contributed by atoms with Crippen LogP contribution in [-0.4, -0.2) is 29.4 Å². The number of hydrogen-bond donors (Lipinski definition) is 2. The first-order valence-corrected chi connectivity index (χ1v) is 8.91. The Morgan fingerprint density at radius 1 is 1.14 bits per heavy atom. The predicted octanol–water partition coefficient (Wildman–Crippen LogP) is 3.67. The van der Waals surface area contributed by atoms with Crippen LogP contribution < -0.4 is 10.6 Å². The van der Waals surface area contributed by atoms with Crippen LogP contribution in [0.2, 0.25) is 0 Å². The number of nitrogens with zero attached hydrogens (tertiary/aromatic N) is 1. The van der Waals surface area contributed by atoms with Gasteiger partial charge in [-0.25, -0.2) is 0 Å². The summed E-state index contributed by atoms with van der Waals surface area (Å²) in [7, 11) is 0. The summed E-state index contributed by atoms with van der Waals surface area (Å²) in [6, 6.07) is 13.6. The van der Waals surface area contributed by atoms with Crippen LogP contribution in [0.25, 0.3) is 0 Å². The lowest BCUT2D eigenvalue weighted by Gasteiger charge is -2.14. The molecule has 0 bridgehead atoms. The Balaban J connectivity index is 1.72. The van der Waals surface area contributed by atoms with E-state index >= 15 is 0 Å². The van der Waals surface area contributed by atoms with E-state index in [0.717, 1.165) is 5.56 Å². The Kier molecular flexibility index (Phi) is 7.50. The molecule has 0 spiro atoms. The monoisotopic (exact) mass is 385 g/mol. The molecule has 0 aliphatic rings. The van der Waals surface area contributed by atoms with Gasteiger partial charge in [-0.15, -0.1) is 0 Å². The van der Waals surface area contributed by atoms with Crippen molar-refractivity contribution in [3.05, 3.63) is 64.2 Å². The molecule has 2 N–H and O–H groups in total. The topological polar surface area (TPSA) is 111 Å². The van der Waals surface area contributed by atoms with Gasteiger partial charge >= 0.3 is 5.97 Å². The van der Waals surface area contributed by atoms with Crippen LogP contribution in [0.4, 0.5) is 17.1 Å². The molecule has 0 radical (unpaired) electrons. The van der Waals surface area contributed by atoms with E-state index in [4.69, 9.17) is 4.74 Å². The molecule has 1 atom stereocenters. The molecule has 0 aliphatic heterocycles. The van der Waals surface area contributed by atoms with E-state index in [1.165, 1.54) is 13.0 Å². The van der Waals surface area contributed by atoms with Crippen molar-refractivity contribution in [1.29, 1.82) is 0 Å². The van der Waals surface area contributed by atoms with E-state index in [2.05, 4.69) is 10.6 Å². The second kappa shape index (κ2) is 10.1. The van der Waals surface area contributed by atoms with E-state index in [0.29, 0.717) is 24.3 Å². The van der Waals surface area contributed by atoms with Crippen molar-refractivity contribution in [3.63, 3.8) is 0 Å². The number of carbonyl (C=O) groups is 2. The van der Waals surface area contributed by atoms with E-state index in [1.54, 1.807) is 30.3 Å². The molecule has 0 unspecified atom stereocenters. The lowest BCUT2D eigenvalue weighted by molar-refractivity contribution is -0.384. The Morgan fingerprint density at radius 3 is 2.50 bits per heavy atom. The van der Waals surface area contributed by atoms with Crippen molar-refractivity contribution in [2.75, 3.05) is 17.2 Å². The van der Waals surface area contributed by atoms with Gasteiger partial charge in [-0.2, -0.15) is 0 Å². The molecule has 28 heavy (non-hydrogen) atoms. The number of nitro groups is 1. The van der Waals surface area contributed by atoms with E-state index in [1.807, 2.05) is 19.1 Å². The minimum Gasteiger partial charge on any atom is -0.453 e. The molecule has 2 aromatic carbocycles. The fourth-order valence-corrected chi connectivity index (χ4v) is 2.43. The molecular weight excluding hydrogens is 362 g/mol. The van der Waals surface area contributed by atoms with Gasteiger partial charge in [-0.05, 0) is 38.5 Å². The number of rotatable bonds is 9. The van der Waals surface area contributed by atoms with Crippen molar-refractivity contribution >= 4 is 28.9 Å². The Bertz CT molecular complexity index is 836. The van der Waals surface area contributed by atoms with E-state index < -0.39 is 22.9 Å². The zero-order valence-corrected chi connectivity index (χ0v) is 15.8. The highest BCUT2D eigenvalue weighted by molar-refractivity contribution is 5.95. The molecule has 8 heteroatoms. The van der Waals surface area contributed by atoms with Gasteiger partial charge in [-0.3, -0.25) is 19.7 Å². The number of nitro benzene ring substituents is 1. The first-order valence-electron chi connectivity index (χ1n) is 8.91. The van der Waals surface area contributed by atoms with Gasteiger partial charge in [0.2, 0.25) is 0 Å². The summed E-state index contributed by atoms with van der Waals surface area (Å²) in [5.41, 5.74) is 2.08. The van der Waals surface area contributed by atoms with Crippen LogP contribution in [0.1, 0.15) is 25.3 Å². The maximum absolute atomic E-state index is 12.1. The third-order valence-corrected chi connectivity index (χ3v) is 3.97. The second-order valence-corrected chi connectivity index (χ2v) is 6.29. The maximum atomic E-state index is 12.1. The highest BCUT2D eigenvalue weighted by Crippen LogP contribution is 2.23. The summed E-state index contributed by atoms with van der Waals surface area (Å²) in [5.74, 6) is -0.911. The Hall–Kier alpha value is -3.42. The normalized spacial score (nSPS) is 11.4. The van der Waals surface area contributed by atoms with Gasteiger partial charge in [0.05, 0.1) is 4.92 Å². The number of esters is 1. The van der Waals surface area contributed by atoms with Crippen LogP contribution in [0.3, 0.4) is 0 Å². The van der Waals surface area contributed by atoms with Gasteiger partial charge in [-0.1, -0.05) is 29.8 Å². The molecule has 0 fully saturated rings. The van der Waals surface area contributed by atoms with E-state index in [9.17, 15) is 19.7 Å². The van der Waals surface area contributed by atoms with Crippen LogP contribution in [0, 0.1) is 17.0 Å². The molecule has 8 nitrogen and oxygen atoms in total. The van der Waals surface area contributed by atoms with Gasteiger partial charge in [0.1, 0.15) is 5.69 Å². The number of aryl methyl sites for hydroxylation is 1. The number of anilines is 2. The highest BCUT2D eigenvalue weighted by Gasteiger charge is 2.18. The molecule has 0 heterocycles. The maximum Gasteiger partial charge on any atom is 0.306 e. The van der Waals surface area contributed by atoms with Gasteiger partial charge in [0.15, 0.2) is 6.10 Å². The number of amides is 1. The predicted molar refractivity (Wildman–Crippen MR) is 106 cm³/mol. The number of hydrogen-bond acceptors (Lipinski definition) is 6. The third kappa shape index (κ3) is 6.39. The second-order valence-electron chi connectivity index (χ2n) is 6.29. The first kappa shape index (κ1) is 20.9. The highest BCUT2D eigenvalue weighted by atomic mass is 16.6. The fraction of sp³-hybridized carbons (Fsp3) is 0.300. The van der Waals surface area contributed by atoms with Crippen molar-refractivity contribution < 1.29 is 19.2 Å². The zero-order chi connectivity index (χ0) is 20.5. The fourth-order valence-electron chi connectivity index (χ4n) is 2.43. The van der Waals surface area contributed by atoms with Crippen LogP contribution in [-0.2, 0) is 14.3 Å². The lowest BCUT2D eigenvalue weighted by Crippen LogP contribution is -2.30. The van der Waals surface area contributed by atoms with Crippen LogP contribution in [0.5, 0.6) is 0 Å². The van der Waals surface area contributed by atoms with Crippen molar-refractivity contribution in [2.24, 2.45) is 0 Å². The Morgan fingerprint density at radius 2 is 1.82 bits per heavy atom. The number of nitrogens with one attached hydrogen (secondary N) is 2. The van der Waals surface area contributed by atoms with Gasteiger partial charge in [0, 0.05) is 24.7 Å². The van der Waals surface area contributed by atoms with Crippen molar-refractivity contribution in [3.8, 4) is 0 Å². The summed E-state index contributed by atoms with van der Waals surface area (Å²) in [4.78, 5) is 34.5. The largest absolute Gasteiger partial charge is 0.453 e. The number of para-hydroxylation sites is 2. The summed E-state index contributed by atoms with van der Waals surface area (Å²) in [5, 5.41) is 16.6. The van der Waals surface area contributed by atoms with Crippen molar-refractivity contribution in [2.45, 2.75) is 32.8 Å². The number of benzene rings is 2. The SMILES string of the molecule is Cc1ccc(NC(=O)[C@@H](C)OC(=O)CCCNc2ccccc2[N+](=O)[O-])cc1. The lowest BCUT2D eigenvalue weighted by atomic mass is 10.2. The summed E-state index contributed by atoms with van der Waals surface area (Å²) in [6.07, 6.45) is -0.413. The molecular formula is C20H23N3O5. The summed E-state index contributed by atoms with van der Waals surface area (Å²) < 4.78 is 5.14. The minimum atomic E-state index is -0.919. The van der Waals surface area contributed by atoms with Crippen LogP contribution in [0.15, 0.2) is 48.5 Å². The first-order chi connectivity index (χ1) is 13.4. The molecule has 0 saturated carbocycles. The summed E-state index contributed by atoms with van der Waals surface area (Å²) >= 11 is 0. The minimum absolute atomic E-state index is 0.0218. The van der Waals surface area contributed by atoms with Crippen LogP contribution >= 0.6 is 0 Å². The average Bonchev–Trinajstić information content (AvgIpc) is 2.67. The molecule has 0 aliphatic carbocycles. The third-order valence-electron chi connectivity index (χ3n) is 3.97. The standard InChI is InChI=1S/C20H23N3O5/c1-14-9-11-16(12-10-14)22-20(25)15(2)28-19(24)8-5-13-21-17-6-3-4-7-18(17)23(26)27/h3-4,6-7,9-12,15,21H,5,8,13H2,1-2H3,(H,22,25)/t15-/m1/s1. The molecule has 2 aromatic rings. The molecule has 0 aromatic heterocycles. The average molecular weight is 385 g/mol. The van der Waals surface area contributed by atoms with E-state index in [-0.39, 0.29) is 12.1 Å². The Labute approximate surface area is 163 Å². The molecule has 2 rings (SSSR count). The number of carbonyl (C=O) groups excluding carboxylic acids is 2. The number of ether oxygens (including phenoxy) is 1. The van der Waals surface area contributed by atoms with Crippen molar-refractivity contribution in [1.82, 2.24) is 0 Å². The molecule has 148 valence electrons. The summed E-state index contributed by atoms with van der Waals surface area (Å²) in [6.45, 7) is 3.82. The zero-order valence-electron chi connectivity index (χ0n) is 15.8. The smallest absolute Gasteiger partial charge is 0.306 e. The molecule has 0 saturated heterocycles. The molecule has 1 amide bonds. The van der Waals surface area contributed by atoms with Gasteiger partial charge in [0.25, 0.3) is 11.6 Å². The quantitative estimate of drug-likeness (QED) is 0.295.